The van der Waals surface area contributed by atoms with Crippen molar-refractivity contribution in [3.8, 4) is 5.75 Å². The zero-order valence-electron chi connectivity index (χ0n) is 15.1. The Balaban J connectivity index is 1.68. The minimum absolute atomic E-state index is 0.197. The number of methoxy groups -OCH3 is 1. The number of nitrogens with zero attached hydrogens (tertiary/aromatic N) is 2. The summed E-state index contributed by atoms with van der Waals surface area (Å²) in [4.78, 5) is 32.2. The Kier molecular flexibility index (Phi) is 4.90. The molecule has 0 unspecified atom stereocenters. The van der Waals surface area contributed by atoms with Crippen molar-refractivity contribution in [2.24, 2.45) is 0 Å². The average Bonchev–Trinajstić information content (AvgIpc) is 3.33. The quantitative estimate of drug-likeness (QED) is 0.651. The second-order valence-corrected chi connectivity index (χ2v) is 7.08. The summed E-state index contributed by atoms with van der Waals surface area (Å²) in [6.07, 6.45) is 3.29. The van der Waals surface area contributed by atoms with Crippen molar-refractivity contribution >= 4 is 34.4 Å². The van der Waals surface area contributed by atoms with Crippen LogP contribution in [0.25, 0.3) is 5.57 Å². The molecule has 3 heterocycles. The molecule has 1 aliphatic heterocycles. The number of thiophene rings is 1. The van der Waals surface area contributed by atoms with Crippen LogP contribution in [-0.2, 0) is 16.1 Å². The lowest BCUT2D eigenvalue weighted by atomic mass is 10.2. The molecule has 0 saturated carbocycles. The maximum absolute atomic E-state index is 13.1. The fraction of sp³-hybridized carbons (Fsp3) is 0.0952. The van der Waals surface area contributed by atoms with E-state index in [0.717, 1.165) is 10.4 Å². The minimum atomic E-state index is -0.346. The van der Waals surface area contributed by atoms with Gasteiger partial charge in [-0.1, -0.05) is 6.07 Å². The van der Waals surface area contributed by atoms with E-state index in [2.05, 4.69) is 10.3 Å². The summed E-state index contributed by atoms with van der Waals surface area (Å²) in [6, 6.07) is 14.5. The van der Waals surface area contributed by atoms with E-state index < -0.39 is 0 Å². The summed E-state index contributed by atoms with van der Waals surface area (Å²) in [7, 11) is 1.59. The van der Waals surface area contributed by atoms with E-state index in [1.165, 1.54) is 16.2 Å². The normalized spacial score (nSPS) is 14.0. The molecule has 2 amide bonds. The molecule has 1 N–H and O–H groups in total. The molecule has 0 bridgehead atoms. The fourth-order valence-corrected chi connectivity index (χ4v) is 3.74. The Morgan fingerprint density at radius 1 is 1.04 bits per heavy atom. The minimum Gasteiger partial charge on any atom is -0.497 e. The van der Waals surface area contributed by atoms with Crippen molar-refractivity contribution in [3.63, 3.8) is 0 Å². The largest absolute Gasteiger partial charge is 0.497 e. The number of carbonyl (C=O) groups excluding carboxylic acids is 2. The Hall–Kier alpha value is -3.45. The van der Waals surface area contributed by atoms with Crippen molar-refractivity contribution < 1.29 is 14.3 Å². The van der Waals surface area contributed by atoms with E-state index in [9.17, 15) is 9.59 Å². The third kappa shape index (κ3) is 3.39. The molecular formula is C21H17N3O3S. The third-order valence-corrected chi connectivity index (χ3v) is 5.27. The molecular weight excluding hydrogens is 374 g/mol. The van der Waals surface area contributed by atoms with E-state index in [1.54, 1.807) is 55.9 Å². The maximum atomic E-state index is 13.1. The molecule has 4 rings (SSSR count). The lowest BCUT2D eigenvalue weighted by molar-refractivity contribution is -0.137. The van der Waals surface area contributed by atoms with Crippen molar-refractivity contribution in [2.75, 3.05) is 12.4 Å². The number of imide groups is 1. The molecule has 1 aromatic carbocycles. The van der Waals surface area contributed by atoms with E-state index in [1.807, 2.05) is 17.5 Å². The summed E-state index contributed by atoms with van der Waals surface area (Å²) in [5.74, 6) is 0.0625. The highest BCUT2D eigenvalue weighted by molar-refractivity contribution is 7.11. The molecule has 0 atom stereocenters. The van der Waals surface area contributed by atoms with Gasteiger partial charge in [-0.05, 0) is 53.4 Å². The Morgan fingerprint density at radius 2 is 1.79 bits per heavy atom. The van der Waals surface area contributed by atoms with Gasteiger partial charge >= 0.3 is 0 Å². The zero-order valence-corrected chi connectivity index (χ0v) is 15.9. The molecule has 0 aliphatic carbocycles. The zero-order chi connectivity index (χ0) is 19.5. The molecule has 0 fully saturated rings. The van der Waals surface area contributed by atoms with Gasteiger partial charge in [0.2, 0.25) is 0 Å². The first kappa shape index (κ1) is 17.9. The summed E-state index contributed by atoms with van der Waals surface area (Å²) in [5, 5.41) is 5.02. The molecule has 2 aromatic heterocycles. The highest BCUT2D eigenvalue weighted by atomic mass is 32.1. The number of carbonyl (C=O) groups is 2. The number of anilines is 1. The van der Waals surface area contributed by atoms with E-state index in [0.29, 0.717) is 17.0 Å². The van der Waals surface area contributed by atoms with Crippen LogP contribution in [0.3, 0.4) is 0 Å². The van der Waals surface area contributed by atoms with Crippen molar-refractivity contribution in [2.45, 2.75) is 6.54 Å². The van der Waals surface area contributed by atoms with Crippen LogP contribution in [0, 0.1) is 0 Å². The standard InChI is InChI=1S/C21H17N3O3S/c1-27-16-6-4-15(5-7-16)23-19-18(17-3-2-12-28-17)20(25)24(21(19)26)13-14-8-10-22-11-9-14/h2-12,23H,13H2,1H3. The summed E-state index contributed by atoms with van der Waals surface area (Å²) in [6.45, 7) is 0.197. The molecule has 28 heavy (non-hydrogen) atoms. The summed E-state index contributed by atoms with van der Waals surface area (Å²) in [5.41, 5.74) is 2.22. The number of aromatic nitrogens is 1. The first-order valence-corrected chi connectivity index (χ1v) is 9.49. The second-order valence-electron chi connectivity index (χ2n) is 6.13. The molecule has 0 radical (unpaired) electrons. The number of ether oxygens (including phenoxy) is 1. The highest BCUT2D eigenvalue weighted by Crippen LogP contribution is 2.33. The summed E-state index contributed by atoms with van der Waals surface area (Å²) < 4.78 is 5.17. The van der Waals surface area contributed by atoms with Gasteiger partial charge in [0.15, 0.2) is 0 Å². The first-order valence-electron chi connectivity index (χ1n) is 8.61. The van der Waals surface area contributed by atoms with Crippen LogP contribution in [-0.4, -0.2) is 28.8 Å². The number of rotatable bonds is 6. The third-order valence-electron chi connectivity index (χ3n) is 4.39. The van der Waals surface area contributed by atoms with Crippen LogP contribution >= 0.6 is 11.3 Å². The Labute approximate surface area is 166 Å². The number of pyridine rings is 1. The molecule has 3 aromatic rings. The maximum Gasteiger partial charge on any atom is 0.278 e. The lowest BCUT2D eigenvalue weighted by Crippen LogP contribution is -2.31. The monoisotopic (exact) mass is 391 g/mol. The number of hydrogen-bond acceptors (Lipinski definition) is 6. The first-order chi connectivity index (χ1) is 13.7. The van der Waals surface area contributed by atoms with E-state index >= 15 is 0 Å². The predicted molar refractivity (Wildman–Crippen MR) is 108 cm³/mol. The molecule has 1 aliphatic rings. The van der Waals surface area contributed by atoms with Crippen LogP contribution in [0.1, 0.15) is 10.4 Å². The average molecular weight is 391 g/mol. The van der Waals surface area contributed by atoms with Crippen LogP contribution in [0.5, 0.6) is 5.75 Å². The topological polar surface area (TPSA) is 71.5 Å². The highest BCUT2D eigenvalue weighted by Gasteiger charge is 2.39. The lowest BCUT2D eigenvalue weighted by Gasteiger charge is -2.15. The Bertz CT molecular complexity index is 1030. The number of hydrogen-bond donors (Lipinski definition) is 1. The van der Waals surface area contributed by atoms with Gasteiger partial charge in [-0.25, -0.2) is 0 Å². The molecule has 0 spiro atoms. The smallest absolute Gasteiger partial charge is 0.278 e. The van der Waals surface area contributed by atoms with Crippen LogP contribution < -0.4 is 10.1 Å². The molecule has 140 valence electrons. The van der Waals surface area contributed by atoms with Crippen molar-refractivity contribution in [3.05, 3.63) is 82.4 Å². The van der Waals surface area contributed by atoms with Gasteiger partial charge in [0.05, 0.1) is 19.2 Å². The van der Waals surface area contributed by atoms with Crippen molar-refractivity contribution in [1.82, 2.24) is 9.88 Å². The fourth-order valence-electron chi connectivity index (χ4n) is 2.97. The predicted octanol–water partition coefficient (Wildman–Crippen LogP) is 3.54. The number of nitrogens with one attached hydrogen (secondary N) is 1. The number of amides is 2. The van der Waals surface area contributed by atoms with Gasteiger partial charge in [0.1, 0.15) is 11.4 Å². The van der Waals surface area contributed by atoms with Gasteiger partial charge in [-0.3, -0.25) is 19.5 Å². The van der Waals surface area contributed by atoms with E-state index in [4.69, 9.17) is 4.74 Å². The van der Waals surface area contributed by atoms with E-state index in [-0.39, 0.29) is 24.1 Å². The van der Waals surface area contributed by atoms with Gasteiger partial charge in [-0.15, -0.1) is 11.3 Å². The van der Waals surface area contributed by atoms with Gasteiger partial charge in [0, 0.05) is 23.0 Å². The molecule has 6 nitrogen and oxygen atoms in total. The molecule has 0 saturated heterocycles. The summed E-state index contributed by atoms with van der Waals surface area (Å²) >= 11 is 1.43. The molecule has 7 heteroatoms. The van der Waals surface area contributed by atoms with Crippen molar-refractivity contribution in [1.29, 1.82) is 0 Å². The van der Waals surface area contributed by atoms with Crippen LogP contribution in [0.15, 0.2) is 72.0 Å². The van der Waals surface area contributed by atoms with Gasteiger partial charge in [0.25, 0.3) is 11.8 Å². The Morgan fingerprint density at radius 3 is 2.43 bits per heavy atom. The van der Waals surface area contributed by atoms with Crippen LogP contribution in [0.2, 0.25) is 0 Å². The van der Waals surface area contributed by atoms with Gasteiger partial charge < -0.3 is 10.1 Å². The SMILES string of the molecule is COc1ccc(NC2=C(c3cccs3)C(=O)N(Cc3ccncc3)C2=O)cc1. The second kappa shape index (κ2) is 7.66. The van der Waals surface area contributed by atoms with Crippen LogP contribution in [0.4, 0.5) is 5.69 Å². The number of benzene rings is 1. The van der Waals surface area contributed by atoms with Gasteiger partial charge in [-0.2, -0.15) is 0 Å².